The molecule has 0 unspecified atom stereocenters. The summed E-state index contributed by atoms with van der Waals surface area (Å²) in [6, 6.07) is 23.3. The number of hydrogen-bond acceptors (Lipinski definition) is 3. The Morgan fingerprint density at radius 2 is 1.21 bits per heavy atom. The van der Waals surface area contributed by atoms with Gasteiger partial charge in [-0.3, -0.25) is 0 Å². The molecule has 3 aromatic rings. The molecule has 0 aliphatic carbocycles. The molecule has 0 aromatic heterocycles. The van der Waals surface area contributed by atoms with E-state index in [1.807, 2.05) is 6.07 Å². The normalized spacial score (nSPS) is 11.3. The molecule has 0 atom stereocenters. The zero-order valence-corrected chi connectivity index (χ0v) is 20.1. The van der Waals surface area contributed by atoms with Crippen molar-refractivity contribution in [3.63, 3.8) is 0 Å². The van der Waals surface area contributed by atoms with E-state index in [9.17, 15) is 13.0 Å². The summed E-state index contributed by atoms with van der Waals surface area (Å²) in [6.07, 6.45) is 1.93. The van der Waals surface area contributed by atoms with Crippen LogP contribution >= 0.6 is 7.92 Å². The van der Waals surface area contributed by atoms with Gasteiger partial charge in [-0.2, -0.15) is 0 Å². The standard InChI is InChI=1S/C22H23O3PS.Na/c1-3-17-8-12-19(13-9-17)26(20-14-10-18(4-2)11-15-20)21-6-5-7-22(16-21)27(23,24)25;/h5-16H,3-4H2,1-2H3,(H,23,24,25);/q;+1/p-1. The largest absolute Gasteiger partial charge is 1.00 e. The first-order valence-electron chi connectivity index (χ1n) is 8.96. The van der Waals surface area contributed by atoms with Gasteiger partial charge in [0.25, 0.3) is 0 Å². The third-order valence-electron chi connectivity index (χ3n) is 4.57. The quantitative estimate of drug-likeness (QED) is 0.331. The van der Waals surface area contributed by atoms with E-state index in [1.165, 1.54) is 23.3 Å². The van der Waals surface area contributed by atoms with Crippen molar-refractivity contribution < 1.29 is 42.5 Å². The summed E-state index contributed by atoms with van der Waals surface area (Å²) in [7, 11) is -5.43. The molecule has 0 radical (unpaired) electrons. The second-order valence-electron chi connectivity index (χ2n) is 6.33. The first-order chi connectivity index (χ1) is 12.9. The monoisotopic (exact) mass is 420 g/mol. The summed E-state index contributed by atoms with van der Waals surface area (Å²) < 4.78 is 34.5. The minimum atomic E-state index is -4.48. The van der Waals surface area contributed by atoms with Crippen molar-refractivity contribution in [3.8, 4) is 0 Å². The molecule has 0 fully saturated rings. The Hall–Kier alpha value is -1.000. The Labute approximate surface area is 191 Å². The minimum Gasteiger partial charge on any atom is -0.744 e. The average molecular weight is 420 g/mol. The van der Waals surface area contributed by atoms with Crippen LogP contribution in [0.4, 0.5) is 0 Å². The van der Waals surface area contributed by atoms with Gasteiger partial charge in [0.1, 0.15) is 10.1 Å². The van der Waals surface area contributed by atoms with Gasteiger partial charge in [0, 0.05) is 0 Å². The van der Waals surface area contributed by atoms with Crippen LogP contribution in [0, 0.1) is 0 Å². The van der Waals surface area contributed by atoms with E-state index in [2.05, 4.69) is 62.4 Å². The van der Waals surface area contributed by atoms with Gasteiger partial charge in [-0.25, -0.2) is 8.42 Å². The van der Waals surface area contributed by atoms with Gasteiger partial charge in [0.2, 0.25) is 0 Å². The Balaban J connectivity index is 0.00000280. The smallest absolute Gasteiger partial charge is 0.744 e. The summed E-state index contributed by atoms with van der Waals surface area (Å²) in [4.78, 5) is -0.178. The van der Waals surface area contributed by atoms with Crippen molar-refractivity contribution in [3.05, 3.63) is 83.9 Å². The molecule has 0 bridgehead atoms. The van der Waals surface area contributed by atoms with Gasteiger partial charge in [-0.1, -0.05) is 74.5 Å². The van der Waals surface area contributed by atoms with Crippen molar-refractivity contribution in [1.82, 2.24) is 0 Å². The van der Waals surface area contributed by atoms with Crippen LogP contribution in [0.1, 0.15) is 25.0 Å². The molecule has 0 heterocycles. The second-order valence-corrected chi connectivity index (χ2v) is 9.93. The van der Waals surface area contributed by atoms with Crippen molar-refractivity contribution in [2.45, 2.75) is 31.6 Å². The molecule has 0 aliphatic heterocycles. The molecule has 3 aromatic carbocycles. The van der Waals surface area contributed by atoms with E-state index in [4.69, 9.17) is 0 Å². The van der Waals surface area contributed by atoms with Crippen LogP contribution in [0.15, 0.2) is 77.7 Å². The predicted molar refractivity (Wildman–Crippen MR) is 112 cm³/mol. The summed E-state index contributed by atoms with van der Waals surface area (Å²) in [5.41, 5.74) is 2.51. The molecule has 3 nitrogen and oxygen atoms in total. The zero-order valence-electron chi connectivity index (χ0n) is 16.4. The van der Waals surface area contributed by atoms with Gasteiger partial charge in [-0.05, 0) is 59.9 Å². The maximum atomic E-state index is 11.5. The van der Waals surface area contributed by atoms with E-state index in [1.54, 1.807) is 6.07 Å². The second kappa shape index (κ2) is 10.2. The molecule has 0 aliphatic rings. The number of benzene rings is 3. The summed E-state index contributed by atoms with van der Waals surface area (Å²) in [6.45, 7) is 4.23. The minimum absolute atomic E-state index is 0. The Bertz CT molecular complexity index is 969. The van der Waals surface area contributed by atoms with Gasteiger partial charge in [0.15, 0.2) is 0 Å². The van der Waals surface area contributed by atoms with Gasteiger partial charge in [-0.15, -0.1) is 0 Å². The van der Waals surface area contributed by atoms with Crippen molar-refractivity contribution in [2.75, 3.05) is 0 Å². The van der Waals surface area contributed by atoms with Crippen LogP contribution in [0.25, 0.3) is 0 Å². The molecule has 0 saturated heterocycles. The number of aryl methyl sites for hydroxylation is 2. The predicted octanol–water partition coefficient (Wildman–Crippen LogP) is 0.478. The summed E-state index contributed by atoms with van der Waals surface area (Å²) >= 11 is 0. The van der Waals surface area contributed by atoms with Crippen LogP contribution in [-0.4, -0.2) is 13.0 Å². The fraction of sp³-hybridized carbons (Fsp3) is 0.182. The molecular weight excluding hydrogens is 398 g/mol. The van der Waals surface area contributed by atoms with E-state index < -0.39 is 18.0 Å². The van der Waals surface area contributed by atoms with Gasteiger partial charge in [0.05, 0.1) is 4.90 Å². The molecule has 140 valence electrons. The van der Waals surface area contributed by atoms with Crippen LogP contribution in [0.5, 0.6) is 0 Å². The molecule has 28 heavy (non-hydrogen) atoms. The van der Waals surface area contributed by atoms with E-state index in [0.717, 1.165) is 28.8 Å². The van der Waals surface area contributed by atoms with Crippen molar-refractivity contribution in [1.29, 1.82) is 0 Å². The van der Waals surface area contributed by atoms with Gasteiger partial charge < -0.3 is 4.55 Å². The van der Waals surface area contributed by atoms with Crippen molar-refractivity contribution >= 4 is 34.0 Å². The molecule has 0 N–H and O–H groups in total. The van der Waals surface area contributed by atoms with Crippen molar-refractivity contribution in [2.24, 2.45) is 0 Å². The Morgan fingerprint density at radius 1 is 0.750 bits per heavy atom. The topological polar surface area (TPSA) is 57.2 Å². The maximum Gasteiger partial charge on any atom is 1.00 e. The van der Waals surface area contributed by atoms with Crippen LogP contribution in [-0.2, 0) is 23.0 Å². The van der Waals surface area contributed by atoms with Crippen LogP contribution in [0.3, 0.4) is 0 Å². The fourth-order valence-electron chi connectivity index (χ4n) is 2.99. The van der Waals surface area contributed by atoms with Crippen LogP contribution < -0.4 is 45.5 Å². The number of rotatable bonds is 6. The molecule has 3 rings (SSSR count). The average Bonchev–Trinajstić information content (AvgIpc) is 2.69. The molecule has 0 spiro atoms. The molecule has 0 amide bonds. The van der Waals surface area contributed by atoms with Crippen LogP contribution in [0.2, 0.25) is 0 Å². The number of hydrogen-bond donors (Lipinski definition) is 0. The van der Waals surface area contributed by atoms with E-state index in [0.29, 0.717) is 0 Å². The maximum absolute atomic E-state index is 11.5. The molecule has 6 heteroatoms. The van der Waals surface area contributed by atoms with E-state index >= 15 is 0 Å². The van der Waals surface area contributed by atoms with E-state index in [-0.39, 0.29) is 34.5 Å². The SMILES string of the molecule is CCc1ccc(P(c2ccc(CC)cc2)c2cccc(S(=O)(=O)[O-])c2)cc1.[Na+]. The first-order valence-corrected chi connectivity index (χ1v) is 11.7. The molecular formula is C22H22NaO3PS. The zero-order chi connectivity index (χ0) is 19.4. The third kappa shape index (κ3) is 5.54. The molecule has 0 saturated carbocycles. The summed E-state index contributed by atoms with van der Waals surface area (Å²) in [5.74, 6) is 0. The summed E-state index contributed by atoms with van der Waals surface area (Å²) in [5, 5.41) is 3.12. The third-order valence-corrected chi connectivity index (χ3v) is 7.83. The Kier molecular flexibility index (Phi) is 8.44. The van der Waals surface area contributed by atoms with Gasteiger partial charge >= 0.3 is 29.6 Å². The fourth-order valence-corrected chi connectivity index (χ4v) is 5.88. The Morgan fingerprint density at radius 3 is 1.61 bits per heavy atom. The first kappa shape index (κ1) is 23.3.